The zero-order chi connectivity index (χ0) is 70.8. The van der Waals surface area contributed by atoms with Gasteiger partial charge in [-0.2, -0.15) is 0 Å². The third-order valence-corrected chi connectivity index (χ3v) is 1.47. The Morgan fingerprint density at radius 2 is 0.226 bits per heavy atom. The van der Waals surface area contributed by atoms with Crippen molar-refractivity contribution < 1.29 is 337 Å². The van der Waals surface area contributed by atoms with Gasteiger partial charge in [0.25, 0.3) is 0 Å². The third-order valence-electron chi connectivity index (χ3n) is 1.47. The second-order valence-electron chi connectivity index (χ2n) is 12.1. The maximum absolute atomic E-state index is 10.7. The summed E-state index contributed by atoms with van der Waals surface area (Å²) in [7, 11) is -107. The standard InChI is InChI=1S/C9H12.10F6P.5Fe/c1-8(2)9-6-4-3-5-7-9;10*1-7(2,3,4,5)6;;;;;/h3-8H,1-2H3;;;;;;;;;;;;;;;/q;10*-1;5*+2. The molecular formula is C9H12F60Fe5P10. The van der Waals surface area contributed by atoms with Crippen molar-refractivity contribution in [1.29, 1.82) is 0 Å². The number of benzene rings is 1. The molecule has 1 aromatic carbocycles. The molecular weight excluding hydrogens is 1840 g/mol. The van der Waals surface area contributed by atoms with Crippen LogP contribution in [0.15, 0.2) is 30.3 Å². The molecule has 84 heavy (non-hydrogen) atoms. The van der Waals surface area contributed by atoms with Crippen LogP contribution in [0, 0.1) is 0 Å². The van der Waals surface area contributed by atoms with E-state index in [1.165, 1.54) is 5.56 Å². The fraction of sp³-hybridized carbons (Fsp3) is 0.333. The summed E-state index contributed by atoms with van der Waals surface area (Å²) in [6, 6.07) is 10.5. The predicted octanol–water partition coefficient (Wildman–Crippen LogP) is 36.6. The zero-order valence-electron chi connectivity index (χ0n) is 34.9. The maximum Gasteiger partial charge on any atom is 2.00 e. The maximum atomic E-state index is 9.87. The molecule has 0 aliphatic heterocycles. The first kappa shape index (κ1) is 123. The van der Waals surface area contributed by atoms with E-state index in [0.29, 0.717) is 5.92 Å². The van der Waals surface area contributed by atoms with Gasteiger partial charge >= 0.3 is 415 Å². The van der Waals surface area contributed by atoms with E-state index in [-0.39, 0.29) is 85.3 Å². The van der Waals surface area contributed by atoms with E-state index >= 15 is 0 Å². The molecule has 0 amide bonds. The summed E-state index contributed by atoms with van der Waals surface area (Å²) in [6.07, 6.45) is 0. The first-order chi connectivity index (χ1) is 28.8. The van der Waals surface area contributed by atoms with Gasteiger partial charge < -0.3 is 0 Å². The molecule has 1 aromatic rings. The van der Waals surface area contributed by atoms with Crippen LogP contribution >= 0.6 is 78.1 Å². The number of hydrogen-bond donors (Lipinski definition) is 0. The van der Waals surface area contributed by atoms with Crippen molar-refractivity contribution in [2.24, 2.45) is 0 Å². The minimum atomic E-state index is -10.7. The van der Waals surface area contributed by atoms with Gasteiger partial charge in [0.2, 0.25) is 0 Å². The second kappa shape index (κ2) is 22.5. The Hall–Kier alpha value is 1.92. The quantitative estimate of drug-likeness (QED) is 0.149. The van der Waals surface area contributed by atoms with Crippen molar-refractivity contribution in [2.75, 3.05) is 0 Å². The Bertz CT molecular complexity index is 1540. The molecule has 1 rings (SSSR count). The van der Waals surface area contributed by atoms with Crippen molar-refractivity contribution in [3.05, 3.63) is 35.9 Å². The first-order valence-corrected chi connectivity index (χ1v) is 33.8. The Labute approximate surface area is 469 Å². The van der Waals surface area contributed by atoms with E-state index in [9.17, 15) is 252 Å². The minimum absolute atomic E-state index is 0. The molecule has 0 bridgehead atoms. The van der Waals surface area contributed by atoms with Crippen LogP contribution in [-0.2, 0) is 85.3 Å². The van der Waals surface area contributed by atoms with Crippen LogP contribution in [-0.4, -0.2) is 0 Å². The molecule has 0 saturated heterocycles. The SMILES string of the molecule is CC(C)c1ccccc1.F[P-](F)(F)(F)(F)F.F[P-](F)(F)(F)(F)F.F[P-](F)(F)(F)(F)F.F[P-](F)(F)(F)(F)F.F[P-](F)(F)(F)(F)F.F[P-](F)(F)(F)(F)F.F[P-](F)(F)(F)(F)F.F[P-](F)(F)(F)(F)F.F[P-](F)(F)(F)(F)F.F[P-](F)(F)(F)(F)F.[Fe+2].[Fe+2].[Fe+2].[Fe+2].[Fe+2]. The molecule has 0 radical (unpaired) electrons. The summed E-state index contributed by atoms with van der Waals surface area (Å²) in [5, 5.41) is 0. The Morgan fingerprint density at radius 1 is 0.167 bits per heavy atom. The van der Waals surface area contributed by atoms with E-state index in [4.69, 9.17) is 0 Å². The van der Waals surface area contributed by atoms with Gasteiger partial charge in [0.1, 0.15) is 0 Å². The van der Waals surface area contributed by atoms with Crippen molar-refractivity contribution in [1.82, 2.24) is 0 Å². The molecule has 75 heteroatoms. The topological polar surface area (TPSA) is 0 Å². The van der Waals surface area contributed by atoms with E-state index in [2.05, 4.69) is 38.1 Å². The van der Waals surface area contributed by atoms with Crippen LogP contribution < -0.4 is 0 Å². The van der Waals surface area contributed by atoms with Gasteiger partial charge in [-0.25, -0.2) is 0 Å². The molecule has 0 saturated carbocycles. The molecule has 0 unspecified atom stereocenters. The van der Waals surface area contributed by atoms with Crippen LogP contribution in [0.1, 0.15) is 25.3 Å². The molecule has 0 aliphatic rings. The second-order valence-corrected chi connectivity index (χ2v) is 31.3. The van der Waals surface area contributed by atoms with Gasteiger partial charge in [-0.1, -0.05) is 44.2 Å². The van der Waals surface area contributed by atoms with Gasteiger partial charge in [0.15, 0.2) is 0 Å². The summed E-state index contributed by atoms with van der Waals surface area (Å²) >= 11 is 0. The molecule has 0 nitrogen and oxygen atoms in total. The monoisotopic (exact) mass is 1850 g/mol. The first-order valence-electron chi connectivity index (χ1n) is 13.5. The molecule has 0 N–H and O–H groups in total. The average Bonchev–Trinajstić information content (AvgIpc) is 2.55. The number of hydrogen-bond acceptors (Lipinski definition) is 0. The van der Waals surface area contributed by atoms with Gasteiger partial charge in [0.05, 0.1) is 0 Å². The van der Waals surface area contributed by atoms with Crippen LogP contribution in [0.25, 0.3) is 0 Å². The van der Waals surface area contributed by atoms with Crippen LogP contribution in [0.4, 0.5) is 252 Å². The van der Waals surface area contributed by atoms with Crippen molar-refractivity contribution in [3.8, 4) is 0 Å². The third kappa shape index (κ3) is 2980. The van der Waals surface area contributed by atoms with E-state index in [1.54, 1.807) is 0 Å². The Balaban J connectivity index is -0.0000000477. The Kier molecular flexibility index (Phi) is 33.0. The molecule has 0 fully saturated rings. The fourth-order valence-corrected chi connectivity index (χ4v) is 0.838. The summed E-state index contributed by atoms with van der Waals surface area (Å²) in [5.41, 5.74) is 1.41. The normalized spacial score (nSPS) is 20.4. The summed E-state index contributed by atoms with van der Waals surface area (Å²) in [6.45, 7) is 4.41. The van der Waals surface area contributed by atoms with Gasteiger partial charge in [-0.15, -0.1) is 0 Å². The zero-order valence-corrected chi connectivity index (χ0v) is 49.3. The smallest absolute Gasteiger partial charge is 2.00 e. The van der Waals surface area contributed by atoms with Gasteiger partial charge in [0, 0.05) is 0 Å². The van der Waals surface area contributed by atoms with E-state index in [1.807, 2.05) is 6.07 Å². The number of halogens is 60. The largest absolute Gasteiger partial charge is 2.00 e. The molecule has 0 spiro atoms. The minimum Gasteiger partial charge on any atom is 2.00 e. The average molecular weight is 1850 g/mol. The predicted molar refractivity (Wildman–Crippen MR) is 176 cm³/mol. The molecule has 0 atom stereocenters. The molecule has 0 aromatic heterocycles. The van der Waals surface area contributed by atoms with Gasteiger partial charge in [-0.05, 0) is 11.5 Å². The number of rotatable bonds is 1. The summed E-state index contributed by atoms with van der Waals surface area (Å²) in [4.78, 5) is 0. The van der Waals surface area contributed by atoms with Crippen LogP contribution in [0.3, 0.4) is 0 Å². The molecule has 0 heterocycles. The summed E-state index contributed by atoms with van der Waals surface area (Å²) < 4.78 is 592. The summed E-state index contributed by atoms with van der Waals surface area (Å²) in [5.74, 6) is 0.659. The Morgan fingerprint density at radius 3 is 0.262 bits per heavy atom. The van der Waals surface area contributed by atoms with E-state index in [0.717, 1.165) is 0 Å². The van der Waals surface area contributed by atoms with Crippen LogP contribution in [0.5, 0.6) is 0 Å². The van der Waals surface area contributed by atoms with Crippen LogP contribution in [0.2, 0.25) is 0 Å². The van der Waals surface area contributed by atoms with E-state index < -0.39 is 78.1 Å². The van der Waals surface area contributed by atoms with Crippen molar-refractivity contribution in [3.63, 3.8) is 0 Å². The van der Waals surface area contributed by atoms with Crippen molar-refractivity contribution in [2.45, 2.75) is 19.8 Å². The molecule has 558 valence electrons. The van der Waals surface area contributed by atoms with Gasteiger partial charge in [-0.3, -0.25) is 0 Å². The molecule has 0 aliphatic carbocycles. The van der Waals surface area contributed by atoms with Crippen molar-refractivity contribution >= 4 is 78.1 Å². The fourth-order valence-electron chi connectivity index (χ4n) is 0.838.